The highest BCUT2D eigenvalue weighted by Crippen LogP contribution is 2.16. The van der Waals surface area contributed by atoms with E-state index in [4.69, 9.17) is 4.52 Å². The van der Waals surface area contributed by atoms with Gasteiger partial charge in [0.2, 0.25) is 11.7 Å². The predicted octanol–water partition coefficient (Wildman–Crippen LogP) is 2.76. The Morgan fingerprint density at radius 2 is 1.90 bits per heavy atom. The van der Waals surface area contributed by atoms with E-state index >= 15 is 0 Å². The number of aryl methyl sites for hydroxylation is 2. The maximum absolute atomic E-state index is 4.98. The van der Waals surface area contributed by atoms with Crippen LogP contribution in [0.5, 0.6) is 0 Å². The van der Waals surface area contributed by atoms with E-state index in [2.05, 4.69) is 25.4 Å². The SMILES string of the molecule is Cc1cc(NCc2ccc(-c3noc(C)n3)cc2)ncn1. The highest BCUT2D eigenvalue weighted by Gasteiger charge is 2.05. The van der Waals surface area contributed by atoms with Crippen LogP contribution in [-0.2, 0) is 6.54 Å². The number of hydrogen-bond acceptors (Lipinski definition) is 6. The van der Waals surface area contributed by atoms with Crippen LogP contribution in [0.4, 0.5) is 5.82 Å². The molecule has 0 bridgehead atoms. The Kier molecular flexibility index (Phi) is 3.59. The molecule has 6 nitrogen and oxygen atoms in total. The first-order chi connectivity index (χ1) is 10.2. The molecule has 2 aromatic heterocycles. The van der Waals surface area contributed by atoms with Gasteiger partial charge in [-0.05, 0) is 12.5 Å². The lowest BCUT2D eigenvalue weighted by Gasteiger charge is -2.06. The molecule has 0 radical (unpaired) electrons. The number of aromatic nitrogens is 4. The van der Waals surface area contributed by atoms with E-state index in [1.807, 2.05) is 37.3 Å². The monoisotopic (exact) mass is 281 g/mol. The molecule has 0 aliphatic rings. The van der Waals surface area contributed by atoms with E-state index in [0.717, 1.165) is 22.6 Å². The molecule has 3 aromatic rings. The number of benzene rings is 1. The number of hydrogen-bond donors (Lipinski definition) is 1. The minimum Gasteiger partial charge on any atom is -0.366 e. The molecule has 3 rings (SSSR count). The lowest BCUT2D eigenvalue weighted by molar-refractivity contribution is 0.394. The van der Waals surface area contributed by atoms with Crippen LogP contribution in [0, 0.1) is 13.8 Å². The Bertz CT molecular complexity index is 736. The first-order valence-electron chi connectivity index (χ1n) is 6.63. The number of nitrogens with one attached hydrogen (secondary N) is 1. The zero-order valence-corrected chi connectivity index (χ0v) is 11.9. The first kappa shape index (κ1) is 13.2. The van der Waals surface area contributed by atoms with Gasteiger partial charge in [-0.1, -0.05) is 29.4 Å². The van der Waals surface area contributed by atoms with Crippen LogP contribution in [0.2, 0.25) is 0 Å². The molecule has 0 aliphatic heterocycles. The molecule has 106 valence electrons. The van der Waals surface area contributed by atoms with E-state index < -0.39 is 0 Å². The Labute approximate surface area is 122 Å². The van der Waals surface area contributed by atoms with E-state index in [1.54, 1.807) is 13.3 Å². The third kappa shape index (κ3) is 3.22. The van der Waals surface area contributed by atoms with Gasteiger partial charge < -0.3 is 9.84 Å². The van der Waals surface area contributed by atoms with Crippen LogP contribution in [0.25, 0.3) is 11.4 Å². The van der Waals surface area contributed by atoms with Gasteiger partial charge in [-0.15, -0.1) is 0 Å². The molecule has 0 unspecified atom stereocenters. The topological polar surface area (TPSA) is 76.7 Å². The summed E-state index contributed by atoms with van der Waals surface area (Å²) in [6.07, 6.45) is 1.55. The summed E-state index contributed by atoms with van der Waals surface area (Å²) in [7, 11) is 0. The Morgan fingerprint density at radius 3 is 2.57 bits per heavy atom. The molecule has 0 fully saturated rings. The second-order valence-corrected chi connectivity index (χ2v) is 4.73. The number of nitrogens with zero attached hydrogens (tertiary/aromatic N) is 4. The Hall–Kier alpha value is -2.76. The van der Waals surface area contributed by atoms with Crippen LogP contribution in [-0.4, -0.2) is 20.1 Å². The van der Waals surface area contributed by atoms with Crippen LogP contribution in [0.1, 0.15) is 17.1 Å². The quantitative estimate of drug-likeness (QED) is 0.792. The van der Waals surface area contributed by atoms with Gasteiger partial charge in [0, 0.05) is 30.8 Å². The fourth-order valence-corrected chi connectivity index (χ4v) is 1.93. The standard InChI is InChI=1S/C15H15N5O/c1-10-7-14(18-9-17-10)16-8-12-3-5-13(6-4-12)15-19-11(2)21-20-15/h3-7,9H,8H2,1-2H3,(H,16,17,18). The van der Waals surface area contributed by atoms with Gasteiger partial charge >= 0.3 is 0 Å². The highest BCUT2D eigenvalue weighted by molar-refractivity contribution is 5.54. The van der Waals surface area contributed by atoms with Crippen molar-refractivity contribution in [1.82, 2.24) is 20.1 Å². The van der Waals surface area contributed by atoms with Gasteiger partial charge in [-0.3, -0.25) is 0 Å². The lowest BCUT2D eigenvalue weighted by atomic mass is 10.1. The summed E-state index contributed by atoms with van der Waals surface area (Å²) in [5.74, 6) is 1.99. The highest BCUT2D eigenvalue weighted by atomic mass is 16.5. The normalized spacial score (nSPS) is 10.6. The van der Waals surface area contributed by atoms with Crippen molar-refractivity contribution in [2.24, 2.45) is 0 Å². The summed E-state index contributed by atoms with van der Waals surface area (Å²) in [4.78, 5) is 12.4. The molecular formula is C15H15N5O. The third-order valence-corrected chi connectivity index (χ3v) is 3.02. The van der Waals surface area contributed by atoms with Crippen molar-refractivity contribution >= 4 is 5.82 Å². The van der Waals surface area contributed by atoms with Gasteiger partial charge in [-0.2, -0.15) is 4.98 Å². The summed E-state index contributed by atoms with van der Waals surface area (Å²) >= 11 is 0. The Balaban J connectivity index is 1.67. The van der Waals surface area contributed by atoms with Crippen LogP contribution < -0.4 is 5.32 Å². The predicted molar refractivity (Wildman–Crippen MR) is 78.6 cm³/mol. The van der Waals surface area contributed by atoms with Crippen molar-refractivity contribution in [3.63, 3.8) is 0 Å². The smallest absolute Gasteiger partial charge is 0.223 e. The molecule has 0 amide bonds. The number of rotatable bonds is 4. The summed E-state index contributed by atoms with van der Waals surface area (Å²) < 4.78 is 4.98. The second-order valence-electron chi connectivity index (χ2n) is 4.73. The van der Waals surface area contributed by atoms with Gasteiger partial charge in [0.1, 0.15) is 12.1 Å². The molecule has 0 saturated carbocycles. The summed E-state index contributed by atoms with van der Waals surface area (Å²) in [6, 6.07) is 9.93. The second kappa shape index (κ2) is 5.70. The fourth-order valence-electron chi connectivity index (χ4n) is 1.93. The average molecular weight is 281 g/mol. The summed E-state index contributed by atoms with van der Waals surface area (Å²) in [5.41, 5.74) is 3.03. The first-order valence-corrected chi connectivity index (χ1v) is 6.63. The molecule has 0 aliphatic carbocycles. The third-order valence-electron chi connectivity index (χ3n) is 3.02. The summed E-state index contributed by atoms with van der Waals surface area (Å²) in [5, 5.41) is 7.16. The molecule has 1 aromatic carbocycles. The van der Waals surface area contributed by atoms with Crippen LogP contribution >= 0.6 is 0 Å². The largest absolute Gasteiger partial charge is 0.366 e. The zero-order chi connectivity index (χ0) is 14.7. The van der Waals surface area contributed by atoms with Crippen LogP contribution in [0.3, 0.4) is 0 Å². The van der Waals surface area contributed by atoms with Crippen molar-refractivity contribution in [2.45, 2.75) is 20.4 Å². The minimum absolute atomic E-state index is 0.565. The lowest BCUT2D eigenvalue weighted by Crippen LogP contribution is -2.02. The molecule has 0 spiro atoms. The van der Waals surface area contributed by atoms with Crippen molar-refractivity contribution < 1.29 is 4.52 Å². The van der Waals surface area contributed by atoms with Crippen molar-refractivity contribution in [3.05, 3.63) is 53.8 Å². The molecule has 21 heavy (non-hydrogen) atoms. The molecular weight excluding hydrogens is 266 g/mol. The van der Waals surface area contributed by atoms with Crippen LogP contribution in [0.15, 0.2) is 41.2 Å². The molecule has 0 atom stereocenters. The molecule has 1 N–H and O–H groups in total. The van der Waals surface area contributed by atoms with Crippen molar-refractivity contribution in [2.75, 3.05) is 5.32 Å². The van der Waals surface area contributed by atoms with E-state index in [0.29, 0.717) is 18.3 Å². The molecule has 6 heteroatoms. The van der Waals surface area contributed by atoms with Gasteiger partial charge in [0.15, 0.2) is 0 Å². The van der Waals surface area contributed by atoms with Gasteiger partial charge in [0.25, 0.3) is 0 Å². The van der Waals surface area contributed by atoms with E-state index in [9.17, 15) is 0 Å². The van der Waals surface area contributed by atoms with E-state index in [-0.39, 0.29) is 0 Å². The van der Waals surface area contributed by atoms with E-state index in [1.165, 1.54) is 0 Å². The maximum atomic E-state index is 4.98. The summed E-state index contributed by atoms with van der Waals surface area (Å²) in [6.45, 7) is 4.41. The number of anilines is 1. The maximum Gasteiger partial charge on any atom is 0.223 e. The fraction of sp³-hybridized carbons (Fsp3) is 0.200. The van der Waals surface area contributed by atoms with Gasteiger partial charge in [-0.25, -0.2) is 9.97 Å². The molecule has 2 heterocycles. The van der Waals surface area contributed by atoms with Crippen molar-refractivity contribution in [1.29, 1.82) is 0 Å². The van der Waals surface area contributed by atoms with Crippen molar-refractivity contribution in [3.8, 4) is 11.4 Å². The van der Waals surface area contributed by atoms with Gasteiger partial charge in [0.05, 0.1) is 0 Å². The zero-order valence-electron chi connectivity index (χ0n) is 11.9. The average Bonchev–Trinajstić information content (AvgIpc) is 2.92. The Morgan fingerprint density at radius 1 is 1.10 bits per heavy atom. The minimum atomic E-state index is 0.565. The molecule has 0 saturated heterocycles.